The number of fused-ring (bicyclic) bond motifs is 1. The van der Waals surface area contributed by atoms with Crippen molar-refractivity contribution in [2.45, 2.75) is 46.0 Å². The summed E-state index contributed by atoms with van der Waals surface area (Å²) < 4.78 is 0. The summed E-state index contributed by atoms with van der Waals surface area (Å²) in [4.78, 5) is 0. The van der Waals surface area contributed by atoms with E-state index in [-0.39, 0.29) is 0 Å². The van der Waals surface area contributed by atoms with Crippen LogP contribution in [-0.2, 0) is 0 Å². The second-order valence-electron chi connectivity index (χ2n) is 4.54. The highest BCUT2D eigenvalue weighted by Gasteiger charge is 2.54. The van der Waals surface area contributed by atoms with Gasteiger partial charge in [0, 0.05) is 0 Å². The first-order valence-electron chi connectivity index (χ1n) is 4.76. The van der Waals surface area contributed by atoms with Gasteiger partial charge in [0.25, 0.3) is 0 Å². The fourth-order valence-electron chi connectivity index (χ4n) is 3.00. The van der Waals surface area contributed by atoms with E-state index in [0.717, 1.165) is 17.3 Å². The van der Waals surface area contributed by atoms with Crippen LogP contribution in [-0.4, -0.2) is 0 Å². The number of hydrogen-bond donors (Lipinski definition) is 0. The second kappa shape index (κ2) is 1.99. The summed E-state index contributed by atoms with van der Waals surface area (Å²) in [5.74, 6) is 2.31. The SMILES string of the molecule is CCCC1(C)CCC2C[C@@H]21. The standard InChI is InChI=1S/C10H18/c1-3-5-10(2)6-4-8-7-9(8)10/h8-9H,3-7H2,1-2H3/t8?,9-,10?/m0/s1. The van der Waals surface area contributed by atoms with Gasteiger partial charge in [-0.3, -0.25) is 0 Å². The summed E-state index contributed by atoms with van der Waals surface area (Å²) in [6.07, 6.45) is 7.50. The van der Waals surface area contributed by atoms with Crippen LogP contribution in [0.5, 0.6) is 0 Å². The van der Waals surface area contributed by atoms with E-state index in [2.05, 4.69) is 13.8 Å². The van der Waals surface area contributed by atoms with E-state index in [1.165, 1.54) is 19.3 Å². The summed E-state index contributed by atoms with van der Waals surface area (Å²) >= 11 is 0. The van der Waals surface area contributed by atoms with Gasteiger partial charge in [-0.15, -0.1) is 0 Å². The van der Waals surface area contributed by atoms with Crippen LogP contribution in [0.25, 0.3) is 0 Å². The molecule has 3 atom stereocenters. The monoisotopic (exact) mass is 138 g/mol. The molecule has 2 saturated carbocycles. The van der Waals surface area contributed by atoms with Crippen LogP contribution in [0.1, 0.15) is 46.0 Å². The van der Waals surface area contributed by atoms with Gasteiger partial charge in [-0.05, 0) is 42.9 Å². The molecule has 2 aliphatic rings. The van der Waals surface area contributed by atoms with E-state index in [9.17, 15) is 0 Å². The molecule has 0 bridgehead atoms. The predicted octanol–water partition coefficient (Wildman–Crippen LogP) is 3.22. The first-order chi connectivity index (χ1) is 4.76. The third-order valence-corrected chi connectivity index (χ3v) is 3.73. The fraction of sp³-hybridized carbons (Fsp3) is 1.00. The summed E-state index contributed by atoms with van der Waals surface area (Å²) in [5.41, 5.74) is 0.777. The van der Waals surface area contributed by atoms with Crippen LogP contribution < -0.4 is 0 Å². The Bertz CT molecular complexity index is 139. The number of rotatable bonds is 2. The Labute approximate surface area is 64.0 Å². The zero-order valence-electron chi connectivity index (χ0n) is 7.19. The lowest BCUT2D eigenvalue weighted by molar-refractivity contribution is 0.259. The molecule has 0 aromatic heterocycles. The van der Waals surface area contributed by atoms with Crippen molar-refractivity contribution in [3.05, 3.63) is 0 Å². The van der Waals surface area contributed by atoms with Crippen molar-refractivity contribution in [3.8, 4) is 0 Å². The van der Waals surface area contributed by atoms with Gasteiger partial charge < -0.3 is 0 Å². The Morgan fingerprint density at radius 1 is 1.50 bits per heavy atom. The Balaban J connectivity index is 2.00. The fourth-order valence-corrected chi connectivity index (χ4v) is 3.00. The normalized spacial score (nSPS) is 51.0. The minimum atomic E-state index is 0.777. The van der Waals surface area contributed by atoms with E-state index in [1.54, 1.807) is 12.8 Å². The van der Waals surface area contributed by atoms with Crippen LogP contribution >= 0.6 is 0 Å². The Hall–Kier alpha value is 0. The zero-order chi connectivity index (χ0) is 7.19. The third-order valence-electron chi connectivity index (χ3n) is 3.73. The van der Waals surface area contributed by atoms with Crippen LogP contribution in [0.3, 0.4) is 0 Å². The maximum atomic E-state index is 2.51. The second-order valence-corrected chi connectivity index (χ2v) is 4.54. The van der Waals surface area contributed by atoms with Crippen molar-refractivity contribution in [2.24, 2.45) is 17.3 Å². The molecule has 0 saturated heterocycles. The van der Waals surface area contributed by atoms with Crippen molar-refractivity contribution in [3.63, 3.8) is 0 Å². The van der Waals surface area contributed by atoms with Crippen molar-refractivity contribution in [2.75, 3.05) is 0 Å². The van der Waals surface area contributed by atoms with Crippen LogP contribution in [0.4, 0.5) is 0 Å². The number of hydrogen-bond acceptors (Lipinski definition) is 0. The lowest BCUT2D eigenvalue weighted by Crippen LogP contribution is -2.14. The van der Waals surface area contributed by atoms with E-state index in [1.807, 2.05) is 0 Å². The van der Waals surface area contributed by atoms with E-state index >= 15 is 0 Å². The Morgan fingerprint density at radius 3 is 2.70 bits per heavy atom. The third kappa shape index (κ3) is 0.810. The molecular weight excluding hydrogens is 120 g/mol. The molecule has 2 unspecified atom stereocenters. The summed E-state index contributed by atoms with van der Waals surface area (Å²) in [7, 11) is 0. The van der Waals surface area contributed by atoms with Gasteiger partial charge in [0.1, 0.15) is 0 Å². The maximum Gasteiger partial charge on any atom is -0.0295 e. The van der Waals surface area contributed by atoms with Gasteiger partial charge in [0.05, 0.1) is 0 Å². The van der Waals surface area contributed by atoms with E-state index < -0.39 is 0 Å². The zero-order valence-corrected chi connectivity index (χ0v) is 7.19. The topological polar surface area (TPSA) is 0 Å². The van der Waals surface area contributed by atoms with Gasteiger partial charge in [-0.25, -0.2) is 0 Å². The molecule has 0 aromatic rings. The largest absolute Gasteiger partial charge is 0.0654 e. The summed E-state index contributed by atoms with van der Waals surface area (Å²) in [6, 6.07) is 0. The molecule has 0 heteroatoms. The smallest absolute Gasteiger partial charge is 0.0295 e. The van der Waals surface area contributed by atoms with Gasteiger partial charge in [-0.1, -0.05) is 20.3 Å². The molecule has 0 amide bonds. The molecule has 0 aromatic carbocycles. The molecule has 0 aliphatic heterocycles. The first kappa shape index (κ1) is 6.69. The molecule has 58 valence electrons. The highest BCUT2D eigenvalue weighted by atomic mass is 14.6. The molecule has 0 heterocycles. The minimum Gasteiger partial charge on any atom is -0.0654 e. The molecular formula is C10H18. The average molecular weight is 138 g/mol. The summed E-state index contributed by atoms with van der Waals surface area (Å²) in [5, 5.41) is 0. The van der Waals surface area contributed by atoms with Gasteiger partial charge in [-0.2, -0.15) is 0 Å². The van der Waals surface area contributed by atoms with Gasteiger partial charge >= 0.3 is 0 Å². The maximum absolute atomic E-state index is 2.51. The molecule has 10 heavy (non-hydrogen) atoms. The van der Waals surface area contributed by atoms with Gasteiger partial charge in [0.2, 0.25) is 0 Å². The molecule has 2 aliphatic carbocycles. The van der Waals surface area contributed by atoms with Gasteiger partial charge in [0.15, 0.2) is 0 Å². The van der Waals surface area contributed by atoms with Crippen molar-refractivity contribution >= 4 is 0 Å². The molecule has 0 radical (unpaired) electrons. The minimum absolute atomic E-state index is 0.777. The van der Waals surface area contributed by atoms with Crippen LogP contribution in [0, 0.1) is 17.3 Å². The highest BCUT2D eigenvalue weighted by molar-refractivity contribution is 5.03. The first-order valence-corrected chi connectivity index (χ1v) is 4.76. The highest BCUT2D eigenvalue weighted by Crippen LogP contribution is 2.63. The average Bonchev–Trinajstić information content (AvgIpc) is 2.58. The lowest BCUT2D eigenvalue weighted by Gasteiger charge is -2.25. The Morgan fingerprint density at radius 2 is 2.30 bits per heavy atom. The van der Waals surface area contributed by atoms with Crippen molar-refractivity contribution in [1.82, 2.24) is 0 Å². The molecule has 2 rings (SSSR count). The van der Waals surface area contributed by atoms with Crippen LogP contribution in [0.2, 0.25) is 0 Å². The summed E-state index contributed by atoms with van der Waals surface area (Å²) in [6.45, 7) is 4.83. The van der Waals surface area contributed by atoms with Crippen LogP contribution in [0.15, 0.2) is 0 Å². The van der Waals surface area contributed by atoms with Crippen molar-refractivity contribution in [1.29, 1.82) is 0 Å². The van der Waals surface area contributed by atoms with E-state index in [4.69, 9.17) is 0 Å². The lowest BCUT2D eigenvalue weighted by atomic mass is 9.81. The Kier molecular flexibility index (Phi) is 1.33. The predicted molar refractivity (Wildman–Crippen MR) is 43.8 cm³/mol. The van der Waals surface area contributed by atoms with Crippen molar-refractivity contribution < 1.29 is 0 Å². The molecule has 0 spiro atoms. The van der Waals surface area contributed by atoms with E-state index in [0.29, 0.717) is 0 Å². The quantitative estimate of drug-likeness (QED) is 0.549. The molecule has 2 fully saturated rings. The molecule has 0 nitrogen and oxygen atoms in total. The molecule has 0 N–H and O–H groups in total.